The van der Waals surface area contributed by atoms with E-state index in [1.54, 1.807) is 26.8 Å². The Hall–Kier alpha value is -4.39. The Labute approximate surface area is 254 Å². The number of carbonyl (C=O) groups is 2. The van der Waals surface area contributed by atoms with Gasteiger partial charge in [-0.25, -0.2) is 9.59 Å². The van der Waals surface area contributed by atoms with Crippen LogP contribution in [-0.4, -0.2) is 64.4 Å². The Morgan fingerprint density at radius 3 is 2.48 bits per heavy atom. The Morgan fingerprint density at radius 2 is 1.84 bits per heavy atom. The molecule has 4 rings (SSSR count). The van der Waals surface area contributed by atoms with E-state index in [9.17, 15) is 29.7 Å². The minimum atomic E-state index is -1.30. The van der Waals surface area contributed by atoms with Crippen molar-refractivity contribution in [3.8, 4) is 11.5 Å². The summed E-state index contributed by atoms with van der Waals surface area (Å²) in [5.74, 6) is -1.12. The number of phenols is 1. The molecule has 0 saturated carbocycles. The monoisotopic (exact) mass is 610 g/mol. The summed E-state index contributed by atoms with van der Waals surface area (Å²) in [6.07, 6.45) is -2.68. The number of ether oxygens (including phenoxy) is 3. The van der Waals surface area contributed by atoms with Crippen LogP contribution in [0.3, 0.4) is 0 Å². The van der Waals surface area contributed by atoms with Gasteiger partial charge in [0.2, 0.25) is 0 Å². The average molecular weight is 611 g/mol. The molecule has 3 aromatic rings. The highest BCUT2D eigenvalue weighted by molar-refractivity contribution is 6.06. The summed E-state index contributed by atoms with van der Waals surface area (Å²) in [5, 5.41) is 34.9. The van der Waals surface area contributed by atoms with Gasteiger partial charge in [-0.05, 0) is 82.0 Å². The number of hydrogen-bond donors (Lipinski definition) is 5. The van der Waals surface area contributed by atoms with Crippen molar-refractivity contribution in [2.45, 2.75) is 77.5 Å². The van der Waals surface area contributed by atoms with Crippen molar-refractivity contribution in [3.05, 3.63) is 74.7 Å². The first kappa shape index (κ1) is 32.5. The summed E-state index contributed by atoms with van der Waals surface area (Å²) < 4.78 is 22.4. The second kappa shape index (κ2) is 12.7. The predicted octanol–water partition coefficient (Wildman–Crippen LogP) is 3.83. The van der Waals surface area contributed by atoms with Gasteiger partial charge in [-0.3, -0.25) is 4.79 Å². The van der Waals surface area contributed by atoms with E-state index in [4.69, 9.17) is 24.4 Å². The minimum Gasteiger partial charge on any atom is -0.508 e. The summed E-state index contributed by atoms with van der Waals surface area (Å²) in [6, 6.07) is 7.51. The smallest absolute Gasteiger partial charge is 0.404 e. The first-order valence-electron chi connectivity index (χ1n) is 14.0. The van der Waals surface area contributed by atoms with E-state index >= 15 is 0 Å². The van der Waals surface area contributed by atoms with Crippen LogP contribution in [0.5, 0.6) is 11.5 Å². The highest BCUT2D eigenvalue weighted by atomic mass is 16.6. The molecule has 1 aliphatic heterocycles. The van der Waals surface area contributed by atoms with Crippen LogP contribution in [0.4, 0.5) is 10.5 Å². The molecule has 2 aromatic carbocycles. The normalized spacial score (nSPS) is 21.1. The van der Waals surface area contributed by atoms with Gasteiger partial charge in [0.05, 0.1) is 17.1 Å². The fraction of sp³-hybridized carbons (Fsp3) is 0.406. The zero-order chi connectivity index (χ0) is 32.5. The largest absolute Gasteiger partial charge is 0.508 e. The van der Waals surface area contributed by atoms with Crippen molar-refractivity contribution in [2.24, 2.45) is 5.73 Å². The molecule has 0 unspecified atom stereocenters. The summed E-state index contributed by atoms with van der Waals surface area (Å²) in [4.78, 5) is 37.6. The van der Waals surface area contributed by atoms with E-state index in [0.29, 0.717) is 23.1 Å². The number of nitrogens with two attached hydrogens (primary N) is 1. The Bertz CT molecular complexity index is 1670. The molecule has 0 spiro atoms. The third-order valence-electron chi connectivity index (χ3n) is 7.80. The Morgan fingerprint density at radius 1 is 1.14 bits per heavy atom. The second-order valence-electron chi connectivity index (χ2n) is 11.6. The quantitative estimate of drug-likeness (QED) is 0.185. The van der Waals surface area contributed by atoms with Gasteiger partial charge in [0.15, 0.2) is 17.5 Å². The van der Waals surface area contributed by atoms with Gasteiger partial charge in [0, 0.05) is 19.1 Å². The van der Waals surface area contributed by atoms with E-state index in [0.717, 1.165) is 5.57 Å². The molecule has 6 N–H and O–H groups in total. The lowest BCUT2D eigenvalue weighted by atomic mass is 9.84. The number of phenolic OH excluding ortho intramolecular Hbond substituents is 1. The fourth-order valence-electron chi connectivity index (χ4n) is 5.52. The number of aliphatic hydroxyl groups excluding tert-OH is 1. The van der Waals surface area contributed by atoms with Crippen LogP contribution in [0.1, 0.15) is 54.7 Å². The molecule has 0 aliphatic carbocycles. The zero-order valence-corrected chi connectivity index (χ0v) is 25.5. The van der Waals surface area contributed by atoms with E-state index in [1.807, 2.05) is 19.9 Å². The molecule has 1 fully saturated rings. The number of benzene rings is 2. The number of rotatable bonds is 8. The van der Waals surface area contributed by atoms with Crippen LogP contribution in [0.15, 0.2) is 51.2 Å². The minimum absolute atomic E-state index is 0.0301. The Kier molecular flexibility index (Phi) is 9.38. The molecule has 0 radical (unpaired) electrons. The molecule has 44 heavy (non-hydrogen) atoms. The van der Waals surface area contributed by atoms with Crippen molar-refractivity contribution in [3.63, 3.8) is 0 Å². The highest BCUT2D eigenvalue weighted by Gasteiger charge is 2.51. The van der Waals surface area contributed by atoms with E-state index < -0.39 is 59.1 Å². The molecule has 12 nitrogen and oxygen atoms in total. The molecule has 4 atom stereocenters. The van der Waals surface area contributed by atoms with Gasteiger partial charge in [-0.15, -0.1) is 0 Å². The number of allylic oxidation sites excluding steroid dienone is 2. The van der Waals surface area contributed by atoms with Crippen molar-refractivity contribution in [1.29, 1.82) is 0 Å². The number of aromatic hydroxyl groups is 2. The first-order chi connectivity index (χ1) is 20.6. The summed E-state index contributed by atoms with van der Waals surface area (Å²) in [5.41, 5.74) is 5.81. The lowest BCUT2D eigenvalue weighted by Gasteiger charge is -2.48. The lowest BCUT2D eigenvalue weighted by molar-refractivity contribution is -0.260. The predicted molar refractivity (Wildman–Crippen MR) is 162 cm³/mol. The Balaban J connectivity index is 1.63. The maximum Gasteiger partial charge on any atom is 0.404 e. The van der Waals surface area contributed by atoms with Gasteiger partial charge in [-0.1, -0.05) is 17.7 Å². The molecule has 2 amide bonds. The molecule has 0 bridgehead atoms. The number of nitrogens with one attached hydrogen (secondary N) is 1. The topological polar surface area (TPSA) is 191 Å². The summed E-state index contributed by atoms with van der Waals surface area (Å²) >= 11 is 0. The number of aliphatic hydroxyl groups is 1. The third kappa shape index (κ3) is 6.57. The maximum atomic E-state index is 13.0. The number of primary amides is 1. The zero-order valence-electron chi connectivity index (χ0n) is 25.5. The number of hydrogen-bond acceptors (Lipinski definition) is 10. The van der Waals surface area contributed by atoms with Gasteiger partial charge < -0.3 is 45.0 Å². The lowest BCUT2D eigenvalue weighted by Crippen LogP contribution is -2.64. The number of aryl methyl sites for hydroxylation is 1. The van der Waals surface area contributed by atoms with Crippen LogP contribution < -0.4 is 16.7 Å². The van der Waals surface area contributed by atoms with E-state index in [2.05, 4.69) is 5.32 Å². The fourth-order valence-corrected chi connectivity index (χ4v) is 5.52. The van der Waals surface area contributed by atoms with Crippen LogP contribution in [0.2, 0.25) is 0 Å². The maximum absolute atomic E-state index is 13.0. The van der Waals surface area contributed by atoms with Gasteiger partial charge >= 0.3 is 11.7 Å². The van der Waals surface area contributed by atoms with Crippen LogP contribution in [0.25, 0.3) is 11.0 Å². The molecule has 12 heteroatoms. The molecular weight excluding hydrogens is 572 g/mol. The standard InChI is InChI=1S/C32H38N2O10/c1-15(2)7-8-18-13-19(10-12-21(18)35)29(38)34-23-24(36)20-11-9-17(16(3)26(20)42-30(23)39)14-22-25(37)27(43-31(33)40)28(41-6)32(4,5)44-22/h7,9-13,22,25,27-28,35-37H,8,14H2,1-6H3,(H2,33,40)(H,34,38)/t22-,25-,27-,28+/m0/s1. The molecule has 2 heterocycles. The van der Waals surface area contributed by atoms with Gasteiger partial charge in [0.1, 0.15) is 23.5 Å². The van der Waals surface area contributed by atoms with Crippen LogP contribution in [0, 0.1) is 6.92 Å². The number of amides is 2. The SMILES string of the molecule is CO[C@@H]1[C@@H](OC(N)=O)[C@@H](O)[C@H](Cc2ccc3c(O)c(NC(=O)c4ccc(O)c(CC=C(C)C)c4)c(=O)oc3c2C)OC1(C)C. The summed E-state index contributed by atoms with van der Waals surface area (Å²) in [7, 11) is 1.41. The van der Waals surface area contributed by atoms with E-state index in [1.165, 1.54) is 31.4 Å². The summed E-state index contributed by atoms with van der Waals surface area (Å²) in [6.45, 7) is 8.99. The molecule has 1 aliphatic rings. The highest BCUT2D eigenvalue weighted by Crippen LogP contribution is 2.37. The van der Waals surface area contributed by atoms with Crippen molar-refractivity contribution >= 4 is 28.7 Å². The molecule has 1 saturated heterocycles. The van der Waals surface area contributed by atoms with Crippen molar-refractivity contribution in [1.82, 2.24) is 0 Å². The number of anilines is 1. The first-order valence-corrected chi connectivity index (χ1v) is 14.0. The van der Waals surface area contributed by atoms with Crippen LogP contribution >= 0.6 is 0 Å². The molecular formula is C32H38N2O10. The third-order valence-corrected chi connectivity index (χ3v) is 7.80. The van der Waals surface area contributed by atoms with Gasteiger partial charge in [0.25, 0.3) is 5.91 Å². The number of carbonyl (C=O) groups excluding carboxylic acids is 2. The number of methoxy groups -OCH3 is 1. The average Bonchev–Trinajstić information content (AvgIpc) is 2.94. The van der Waals surface area contributed by atoms with E-state index in [-0.39, 0.29) is 28.7 Å². The van der Waals surface area contributed by atoms with Crippen molar-refractivity contribution < 1.29 is 43.5 Å². The molecule has 236 valence electrons. The van der Waals surface area contributed by atoms with Crippen LogP contribution in [-0.2, 0) is 27.1 Å². The van der Waals surface area contributed by atoms with Gasteiger partial charge in [-0.2, -0.15) is 0 Å². The van der Waals surface area contributed by atoms with Crippen molar-refractivity contribution in [2.75, 3.05) is 12.4 Å². The molecule has 1 aromatic heterocycles. The number of fused-ring (bicyclic) bond motifs is 1. The second-order valence-corrected chi connectivity index (χ2v) is 11.6.